The Kier molecular flexibility index (Phi) is 6.42. The van der Waals surface area contributed by atoms with E-state index in [2.05, 4.69) is 67.6 Å². The summed E-state index contributed by atoms with van der Waals surface area (Å²) in [4.78, 5) is 0. The molecule has 32 heavy (non-hydrogen) atoms. The smallest absolute Gasteiger partial charge is 0.192 e. The molecule has 4 fully saturated rings. The molecule has 0 heterocycles. The minimum Gasteiger partial charge on any atom is -0.411 e. The van der Waals surface area contributed by atoms with Crippen molar-refractivity contribution in [2.24, 2.45) is 40.4 Å². The highest BCUT2D eigenvalue weighted by Crippen LogP contribution is 2.69. The average molecular weight is 461 g/mol. The van der Waals surface area contributed by atoms with Gasteiger partial charge in [-0.1, -0.05) is 66.5 Å². The quantitative estimate of drug-likeness (QED) is 0.321. The Bertz CT molecular complexity index is 736. The number of aliphatic hydroxyl groups is 1. The summed E-state index contributed by atoms with van der Waals surface area (Å²) in [6.45, 7) is 21.5. The molecule has 0 aromatic heterocycles. The molecule has 9 atom stereocenters. The Labute approximate surface area is 200 Å². The summed E-state index contributed by atoms with van der Waals surface area (Å²) in [6, 6.07) is 0. The third-order valence-electron chi connectivity index (χ3n) is 11.6. The monoisotopic (exact) mass is 460 g/mol. The van der Waals surface area contributed by atoms with E-state index in [1.807, 2.05) is 0 Å². The second-order valence-corrected chi connectivity index (χ2v) is 18.9. The van der Waals surface area contributed by atoms with E-state index in [0.717, 1.165) is 24.2 Å². The minimum absolute atomic E-state index is 0.0494. The molecule has 0 aliphatic heterocycles. The predicted octanol–water partition coefficient (Wildman–Crippen LogP) is 7.97. The molecule has 0 amide bonds. The van der Waals surface area contributed by atoms with Gasteiger partial charge in [-0.3, -0.25) is 0 Å². The molecule has 0 saturated heterocycles. The highest BCUT2D eigenvalue weighted by molar-refractivity contribution is 6.74. The fourth-order valence-electron chi connectivity index (χ4n) is 8.26. The Morgan fingerprint density at radius 2 is 1.91 bits per heavy atom. The number of hydrogen-bond acceptors (Lipinski definition) is 2. The minimum atomic E-state index is -1.86. The van der Waals surface area contributed by atoms with Crippen LogP contribution in [0, 0.1) is 40.4 Å². The van der Waals surface area contributed by atoms with Gasteiger partial charge < -0.3 is 9.53 Å². The van der Waals surface area contributed by atoms with Gasteiger partial charge in [-0.25, -0.2) is 0 Å². The van der Waals surface area contributed by atoms with E-state index in [-0.39, 0.29) is 22.7 Å². The number of rotatable bonds is 6. The predicted molar refractivity (Wildman–Crippen MR) is 138 cm³/mol. The van der Waals surface area contributed by atoms with Crippen molar-refractivity contribution in [2.45, 2.75) is 130 Å². The van der Waals surface area contributed by atoms with Crippen molar-refractivity contribution in [1.29, 1.82) is 0 Å². The van der Waals surface area contributed by atoms with Crippen molar-refractivity contribution in [2.75, 3.05) is 0 Å². The largest absolute Gasteiger partial charge is 0.411 e. The lowest BCUT2D eigenvalue weighted by atomic mass is 9.60. The summed E-state index contributed by atoms with van der Waals surface area (Å²) in [7, 11) is -1.86. The molecule has 0 bridgehead atoms. The summed E-state index contributed by atoms with van der Waals surface area (Å²) in [6.07, 6.45) is 12.9. The van der Waals surface area contributed by atoms with Crippen LogP contribution in [0.15, 0.2) is 11.6 Å². The third-order valence-corrected chi connectivity index (χ3v) is 16.1. The first-order valence-corrected chi connectivity index (χ1v) is 16.7. The van der Waals surface area contributed by atoms with Crippen molar-refractivity contribution in [3.05, 3.63) is 11.6 Å². The first-order chi connectivity index (χ1) is 14.8. The van der Waals surface area contributed by atoms with Gasteiger partial charge in [0.2, 0.25) is 0 Å². The molecule has 1 N–H and O–H groups in total. The van der Waals surface area contributed by atoms with Crippen molar-refractivity contribution >= 4 is 8.32 Å². The van der Waals surface area contributed by atoms with Gasteiger partial charge in [-0.15, -0.1) is 0 Å². The molecule has 4 saturated carbocycles. The summed E-state index contributed by atoms with van der Waals surface area (Å²) >= 11 is 0. The number of allylic oxidation sites excluding steroid dienone is 2. The zero-order chi connectivity index (χ0) is 23.7. The highest BCUT2D eigenvalue weighted by atomic mass is 28.4. The van der Waals surface area contributed by atoms with Crippen LogP contribution in [0.1, 0.15) is 99.8 Å². The Morgan fingerprint density at radius 1 is 1.22 bits per heavy atom. The van der Waals surface area contributed by atoms with Gasteiger partial charge in [-0.2, -0.15) is 0 Å². The average Bonchev–Trinajstić information content (AvgIpc) is 3.21. The molecule has 3 heteroatoms. The molecule has 0 radical (unpaired) electrons. The number of hydrogen-bond donors (Lipinski definition) is 1. The normalized spacial score (nSPS) is 44.9. The summed E-state index contributed by atoms with van der Waals surface area (Å²) in [5.74, 6) is 3.64. The number of aliphatic hydroxyl groups excluding tert-OH is 1. The molecule has 2 nitrogen and oxygen atoms in total. The first kappa shape index (κ1) is 25.0. The fraction of sp³-hybridized carbons (Fsp3) is 0.931. The van der Waals surface area contributed by atoms with E-state index in [9.17, 15) is 5.11 Å². The molecule has 0 spiro atoms. The maximum absolute atomic E-state index is 11.5. The maximum atomic E-state index is 11.5. The highest BCUT2D eigenvalue weighted by Gasteiger charge is 2.69. The third kappa shape index (κ3) is 3.81. The summed E-state index contributed by atoms with van der Waals surface area (Å²) in [5, 5.41) is 11.7. The van der Waals surface area contributed by atoms with E-state index in [1.165, 1.54) is 44.9 Å². The van der Waals surface area contributed by atoms with Crippen LogP contribution in [0.3, 0.4) is 0 Å². The van der Waals surface area contributed by atoms with Gasteiger partial charge in [0.05, 0.1) is 12.2 Å². The SMILES string of the molecule is CC[C@@H](C)[C@H]1CC[C@H]2/C(=C/[C@@H](C)[C@]34CC3C[C@H](O[Si](C)(C)C(C)(C)C)C4O)CCC[C@]12C. The van der Waals surface area contributed by atoms with Gasteiger partial charge in [0.15, 0.2) is 8.32 Å². The van der Waals surface area contributed by atoms with Crippen LogP contribution in [0.25, 0.3) is 0 Å². The maximum Gasteiger partial charge on any atom is 0.192 e. The van der Waals surface area contributed by atoms with Gasteiger partial charge >= 0.3 is 0 Å². The first-order valence-electron chi connectivity index (χ1n) is 13.8. The molecule has 4 rings (SSSR count). The molecular formula is C29H52O2Si. The van der Waals surface area contributed by atoms with E-state index in [0.29, 0.717) is 17.3 Å². The molecule has 184 valence electrons. The lowest BCUT2D eigenvalue weighted by Gasteiger charge is -2.45. The van der Waals surface area contributed by atoms with Crippen LogP contribution in [0.2, 0.25) is 18.1 Å². The second-order valence-electron chi connectivity index (χ2n) is 14.1. The van der Waals surface area contributed by atoms with Crippen molar-refractivity contribution in [3.8, 4) is 0 Å². The Hall–Kier alpha value is -0.123. The van der Waals surface area contributed by atoms with E-state index in [4.69, 9.17) is 4.43 Å². The molecule has 0 aromatic rings. The van der Waals surface area contributed by atoms with E-state index in [1.54, 1.807) is 5.57 Å². The standard InChI is InChI=1S/C29H52O2Si/c1-10-19(2)23-13-14-24-21(12-11-15-28(23,24)7)16-20(3)29-18-22(29)17-25(26(29)30)31-32(8,9)27(4,5)6/h16,19-20,22-26,30H,10-15,17-18H2,1-9H3/b21-16+/t19-,20-,22?,23-,24+,25+,26?,28-,29-/m1/s1. The Morgan fingerprint density at radius 3 is 2.53 bits per heavy atom. The zero-order valence-corrected chi connectivity index (χ0v) is 23.6. The zero-order valence-electron chi connectivity index (χ0n) is 22.6. The van der Waals surface area contributed by atoms with Gasteiger partial charge in [0, 0.05) is 5.41 Å². The van der Waals surface area contributed by atoms with Crippen LogP contribution in [0.4, 0.5) is 0 Å². The van der Waals surface area contributed by atoms with Gasteiger partial charge in [0.1, 0.15) is 0 Å². The molecular weight excluding hydrogens is 408 g/mol. The van der Waals surface area contributed by atoms with Gasteiger partial charge in [-0.05, 0) is 98.1 Å². The number of fused-ring (bicyclic) bond motifs is 2. The van der Waals surface area contributed by atoms with Crippen molar-refractivity contribution in [1.82, 2.24) is 0 Å². The van der Waals surface area contributed by atoms with Crippen LogP contribution in [-0.2, 0) is 4.43 Å². The van der Waals surface area contributed by atoms with Crippen LogP contribution in [-0.4, -0.2) is 25.6 Å². The van der Waals surface area contributed by atoms with Crippen LogP contribution < -0.4 is 0 Å². The van der Waals surface area contributed by atoms with Crippen molar-refractivity contribution < 1.29 is 9.53 Å². The van der Waals surface area contributed by atoms with Crippen LogP contribution in [0.5, 0.6) is 0 Å². The van der Waals surface area contributed by atoms with Crippen molar-refractivity contribution in [3.63, 3.8) is 0 Å². The summed E-state index contributed by atoms with van der Waals surface area (Å²) in [5.41, 5.74) is 2.34. The summed E-state index contributed by atoms with van der Waals surface area (Å²) < 4.78 is 6.75. The fourth-order valence-corrected chi connectivity index (χ4v) is 9.59. The Balaban J connectivity index is 1.50. The molecule has 4 aliphatic carbocycles. The molecule has 2 unspecified atom stereocenters. The lowest BCUT2D eigenvalue weighted by Crippen LogP contribution is -2.47. The van der Waals surface area contributed by atoms with E-state index >= 15 is 0 Å². The van der Waals surface area contributed by atoms with Crippen LogP contribution >= 0.6 is 0 Å². The topological polar surface area (TPSA) is 29.5 Å². The molecule has 0 aromatic carbocycles. The van der Waals surface area contributed by atoms with Gasteiger partial charge in [0.25, 0.3) is 0 Å². The lowest BCUT2D eigenvalue weighted by molar-refractivity contribution is -0.00613. The second kappa shape index (κ2) is 8.23. The molecule has 4 aliphatic rings. The van der Waals surface area contributed by atoms with E-state index < -0.39 is 8.32 Å².